The molecule has 4 heteroatoms. The van der Waals surface area contributed by atoms with Gasteiger partial charge in [-0.1, -0.05) is 48.5 Å². The maximum absolute atomic E-state index is 4.93. The van der Waals surface area contributed by atoms with Gasteiger partial charge in [-0.05, 0) is 5.56 Å². The Bertz CT molecular complexity index is 987. The molecule has 0 spiro atoms. The van der Waals surface area contributed by atoms with Gasteiger partial charge in [0.25, 0.3) is 0 Å². The third kappa shape index (κ3) is 8.98. The molecular weight excluding hydrogens is 503 g/mol. The van der Waals surface area contributed by atoms with Gasteiger partial charge in [0.1, 0.15) is 0 Å². The third-order valence-corrected chi connectivity index (χ3v) is 4.34. The summed E-state index contributed by atoms with van der Waals surface area (Å²) in [7, 11) is 13.1. The van der Waals surface area contributed by atoms with Gasteiger partial charge in [-0.3, -0.25) is 0 Å². The van der Waals surface area contributed by atoms with Crippen LogP contribution in [0.5, 0.6) is 0 Å². The van der Waals surface area contributed by atoms with Gasteiger partial charge in [-0.25, -0.2) is 0 Å². The average molecular weight is 524 g/mol. The number of fused-ring (bicyclic) bond motifs is 2. The van der Waals surface area contributed by atoms with E-state index in [1.54, 1.807) is 0 Å². The second kappa shape index (κ2) is 15.2. The Kier molecular flexibility index (Phi) is 12.4. The Morgan fingerprint density at radius 1 is 0.633 bits per heavy atom. The Labute approximate surface area is 201 Å². The Hall–Kier alpha value is -1.70. The van der Waals surface area contributed by atoms with E-state index in [1.807, 2.05) is 30.0 Å². The fraction of sp³-hybridized carbons (Fsp3) is 0. The summed E-state index contributed by atoms with van der Waals surface area (Å²) in [5, 5.41) is 5.32. The summed E-state index contributed by atoms with van der Waals surface area (Å²) in [6.07, 6.45) is 2.00. The van der Waals surface area contributed by atoms with Gasteiger partial charge in [-0.2, -0.15) is 35.0 Å². The number of benzene rings is 3. The quantitative estimate of drug-likeness (QED) is 0.153. The molecule has 30 heavy (non-hydrogen) atoms. The van der Waals surface area contributed by atoms with Crippen molar-refractivity contribution >= 4 is 54.9 Å². The van der Waals surface area contributed by atoms with Gasteiger partial charge in [0.05, 0.1) is 10.2 Å². The molecule has 5 aromatic carbocycles. The first kappa shape index (κ1) is 24.6. The number of rotatable bonds is 1. The second-order valence-electron chi connectivity index (χ2n) is 6.12. The van der Waals surface area contributed by atoms with Gasteiger partial charge in [0, 0.05) is 0 Å². The van der Waals surface area contributed by atoms with Crippen LogP contribution < -0.4 is 0 Å². The van der Waals surface area contributed by atoms with Gasteiger partial charge in [0.2, 0.25) is 0 Å². The van der Waals surface area contributed by atoms with Crippen molar-refractivity contribution < 1.29 is 20.8 Å². The van der Waals surface area contributed by atoms with E-state index in [-0.39, 0.29) is 0 Å². The SMILES string of the molecule is [Cl][Zr+2][Cl].[Si]C=Cc1ccccc1.c1ccc2[cH-]ccc2c1.c1ccc2[cH-]ccc2c1. The smallest absolute Gasteiger partial charge is 0.0601 e. The molecule has 0 nitrogen and oxygen atoms in total. The van der Waals surface area contributed by atoms with Crippen LogP contribution in [-0.2, 0) is 20.8 Å². The minimum atomic E-state index is -0.826. The van der Waals surface area contributed by atoms with Crippen molar-refractivity contribution in [2.24, 2.45) is 0 Å². The van der Waals surface area contributed by atoms with Crippen LogP contribution in [0.3, 0.4) is 0 Å². The number of hydrogen-bond acceptors (Lipinski definition) is 0. The van der Waals surface area contributed by atoms with E-state index >= 15 is 0 Å². The number of halogens is 2. The van der Waals surface area contributed by atoms with Crippen LogP contribution in [-0.4, -0.2) is 10.2 Å². The van der Waals surface area contributed by atoms with Crippen LogP contribution in [0, 0.1) is 0 Å². The second-order valence-corrected chi connectivity index (χ2v) is 10.2. The van der Waals surface area contributed by atoms with E-state index in [9.17, 15) is 0 Å². The third-order valence-electron chi connectivity index (χ3n) is 4.17. The van der Waals surface area contributed by atoms with Crippen molar-refractivity contribution in [1.29, 1.82) is 0 Å². The van der Waals surface area contributed by atoms with E-state index in [1.165, 1.54) is 27.1 Å². The molecule has 0 aromatic heterocycles. The van der Waals surface area contributed by atoms with Crippen LogP contribution in [0.1, 0.15) is 5.56 Å². The summed E-state index contributed by atoms with van der Waals surface area (Å²) in [6, 6.07) is 39.5. The summed E-state index contributed by atoms with van der Waals surface area (Å²) >= 11 is -0.826. The molecule has 147 valence electrons. The topological polar surface area (TPSA) is 0 Å². The monoisotopic (exact) mass is 521 g/mol. The summed E-state index contributed by atoms with van der Waals surface area (Å²) in [5.41, 5.74) is 3.06. The van der Waals surface area contributed by atoms with Crippen LogP contribution in [0.25, 0.3) is 27.6 Å². The zero-order valence-corrected chi connectivity index (χ0v) is 21.4. The molecule has 0 amide bonds. The molecule has 0 N–H and O–H groups in total. The first-order valence-electron chi connectivity index (χ1n) is 9.34. The van der Waals surface area contributed by atoms with Crippen LogP contribution in [0.15, 0.2) is 121 Å². The summed E-state index contributed by atoms with van der Waals surface area (Å²) in [5.74, 6) is 0. The summed E-state index contributed by atoms with van der Waals surface area (Å²) in [4.78, 5) is 0. The van der Waals surface area contributed by atoms with Gasteiger partial charge >= 0.3 is 37.9 Å². The predicted octanol–water partition coefficient (Wildman–Crippen LogP) is 8.32. The van der Waals surface area contributed by atoms with Crippen molar-refractivity contribution in [2.45, 2.75) is 0 Å². The fourth-order valence-electron chi connectivity index (χ4n) is 2.80. The van der Waals surface area contributed by atoms with Crippen molar-refractivity contribution in [1.82, 2.24) is 0 Å². The summed E-state index contributed by atoms with van der Waals surface area (Å²) < 4.78 is 0. The zero-order valence-electron chi connectivity index (χ0n) is 16.4. The molecule has 3 radical (unpaired) electrons. The maximum Gasteiger partial charge on any atom is 0.0601 e. The predicted molar refractivity (Wildman–Crippen MR) is 132 cm³/mol. The van der Waals surface area contributed by atoms with Gasteiger partial charge < -0.3 is 0 Å². The molecule has 0 heterocycles. The van der Waals surface area contributed by atoms with Crippen molar-refractivity contribution in [3.8, 4) is 0 Å². The van der Waals surface area contributed by atoms with Crippen molar-refractivity contribution in [3.05, 3.63) is 127 Å². The maximum atomic E-state index is 4.93. The minimum absolute atomic E-state index is 0.826. The standard InChI is InChI=1S/2C9H7.C8H7Si.2ClH.Zr/c2*1-2-5-9-7-3-6-8(9)4-1;9-7-6-8-4-2-1-3-5-8;;;/h3*1-7H;2*1H;/q2*-1;;;;+4/p-2. The normalized spacial score (nSPS) is 9.57. The van der Waals surface area contributed by atoms with Gasteiger partial charge in [-0.15, -0.1) is 65.0 Å². The largest absolute Gasteiger partial charge is 0.168 e. The van der Waals surface area contributed by atoms with E-state index in [0.717, 1.165) is 0 Å². The first-order chi connectivity index (χ1) is 14.8. The molecule has 0 saturated carbocycles. The Balaban J connectivity index is 0.000000150. The van der Waals surface area contributed by atoms with E-state index in [0.29, 0.717) is 0 Å². The van der Waals surface area contributed by atoms with Crippen LogP contribution in [0.4, 0.5) is 0 Å². The molecule has 5 aromatic rings. The average Bonchev–Trinajstić information content (AvgIpc) is 3.46. The first-order valence-corrected chi connectivity index (χ1v) is 16.2. The molecular formula is C26H21Cl2SiZr. The molecule has 0 saturated heterocycles. The molecule has 0 bridgehead atoms. The zero-order chi connectivity index (χ0) is 21.4. The molecule has 0 unspecified atom stereocenters. The van der Waals surface area contributed by atoms with Crippen molar-refractivity contribution in [2.75, 3.05) is 0 Å². The van der Waals surface area contributed by atoms with Crippen LogP contribution >= 0.6 is 17.0 Å². The molecule has 0 fully saturated rings. The molecule has 0 aliphatic heterocycles. The molecule has 0 aliphatic carbocycles. The Morgan fingerprint density at radius 2 is 1.07 bits per heavy atom. The van der Waals surface area contributed by atoms with E-state index in [4.69, 9.17) is 17.0 Å². The molecule has 0 atom stereocenters. The van der Waals surface area contributed by atoms with E-state index < -0.39 is 20.8 Å². The van der Waals surface area contributed by atoms with Crippen molar-refractivity contribution in [3.63, 3.8) is 0 Å². The molecule has 0 aliphatic rings. The van der Waals surface area contributed by atoms with Crippen LogP contribution in [0.2, 0.25) is 0 Å². The van der Waals surface area contributed by atoms with E-state index in [2.05, 4.69) is 107 Å². The number of hydrogen-bond donors (Lipinski definition) is 0. The molecule has 5 rings (SSSR count). The fourth-order valence-corrected chi connectivity index (χ4v) is 2.99. The Morgan fingerprint density at radius 3 is 1.50 bits per heavy atom. The summed E-state index contributed by atoms with van der Waals surface area (Å²) in [6.45, 7) is 0. The van der Waals surface area contributed by atoms with Gasteiger partial charge in [0.15, 0.2) is 0 Å². The minimum Gasteiger partial charge on any atom is -0.168 e.